The Kier molecular flexibility index (Phi) is 5.80. The summed E-state index contributed by atoms with van der Waals surface area (Å²) in [5.74, 6) is 0.0875. The summed E-state index contributed by atoms with van der Waals surface area (Å²) in [5.41, 5.74) is 0.525. The number of rotatable bonds is 4. The maximum absolute atomic E-state index is 12.4. The summed E-state index contributed by atoms with van der Waals surface area (Å²) < 4.78 is 0. The first-order chi connectivity index (χ1) is 10.5. The van der Waals surface area contributed by atoms with Crippen molar-refractivity contribution in [1.29, 1.82) is 0 Å². The average Bonchev–Trinajstić information content (AvgIpc) is 2.52. The quantitative estimate of drug-likeness (QED) is 0.845. The lowest BCUT2D eigenvalue weighted by Gasteiger charge is -2.35. The van der Waals surface area contributed by atoms with E-state index in [1.807, 2.05) is 23.9 Å². The van der Waals surface area contributed by atoms with Crippen LogP contribution in [-0.2, 0) is 4.79 Å². The SMILES string of the molecule is CN(C)CCC(=O)N1CCN(C(=O)c2ccccc2Cl)CC1. The van der Waals surface area contributed by atoms with Gasteiger partial charge in [0.2, 0.25) is 5.91 Å². The Morgan fingerprint density at radius 1 is 1.09 bits per heavy atom. The molecule has 1 aliphatic heterocycles. The highest BCUT2D eigenvalue weighted by Crippen LogP contribution is 2.18. The van der Waals surface area contributed by atoms with Gasteiger partial charge in [-0.3, -0.25) is 9.59 Å². The van der Waals surface area contributed by atoms with Gasteiger partial charge in [0.15, 0.2) is 0 Å². The lowest BCUT2D eigenvalue weighted by atomic mass is 10.1. The van der Waals surface area contributed by atoms with Gasteiger partial charge in [0.25, 0.3) is 5.91 Å². The third kappa shape index (κ3) is 4.21. The molecule has 1 heterocycles. The topological polar surface area (TPSA) is 43.9 Å². The fourth-order valence-corrected chi connectivity index (χ4v) is 2.66. The number of hydrogen-bond donors (Lipinski definition) is 0. The van der Waals surface area contributed by atoms with E-state index < -0.39 is 0 Å². The predicted molar refractivity (Wildman–Crippen MR) is 87.1 cm³/mol. The molecule has 0 saturated carbocycles. The Morgan fingerprint density at radius 2 is 1.68 bits per heavy atom. The van der Waals surface area contributed by atoms with E-state index in [1.165, 1.54) is 0 Å². The van der Waals surface area contributed by atoms with Gasteiger partial charge >= 0.3 is 0 Å². The number of piperazine rings is 1. The summed E-state index contributed by atoms with van der Waals surface area (Å²) in [7, 11) is 3.90. The van der Waals surface area contributed by atoms with Crippen LogP contribution in [0, 0.1) is 0 Å². The highest BCUT2D eigenvalue weighted by Gasteiger charge is 2.25. The van der Waals surface area contributed by atoms with E-state index in [-0.39, 0.29) is 11.8 Å². The third-order valence-electron chi connectivity index (χ3n) is 3.80. The zero-order chi connectivity index (χ0) is 16.1. The molecular weight excluding hydrogens is 302 g/mol. The molecule has 1 aliphatic rings. The maximum atomic E-state index is 12.4. The molecule has 6 heteroatoms. The van der Waals surface area contributed by atoms with E-state index in [0.29, 0.717) is 43.2 Å². The monoisotopic (exact) mass is 323 g/mol. The number of carbonyl (C=O) groups excluding carboxylic acids is 2. The highest BCUT2D eigenvalue weighted by atomic mass is 35.5. The van der Waals surface area contributed by atoms with E-state index in [9.17, 15) is 9.59 Å². The van der Waals surface area contributed by atoms with Crippen LogP contribution in [0.2, 0.25) is 5.02 Å². The minimum absolute atomic E-state index is 0.0639. The molecule has 0 unspecified atom stereocenters. The number of halogens is 1. The van der Waals surface area contributed by atoms with Crippen molar-refractivity contribution in [3.63, 3.8) is 0 Å². The number of carbonyl (C=O) groups is 2. The van der Waals surface area contributed by atoms with Crippen LogP contribution in [0.4, 0.5) is 0 Å². The average molecular weight is 324 g/mol. The van der Waals surface area contributed by atoms with Gasteiger partial charge in [-0.15, -0.1) is 0 Å². The first kappa shape index (κ1) is 16.8. The standard InChI is InChI=1S/C16H22ClN3O2/c1-18(2)8-7-15(21)19-9-11-20(12-10-19)16(22)13-5-3-4-6-14(13)17/h3-6H,7-12H2,1-2H3. The molecule has 0 spiro atoms. The second-order valence-electron chi connectivity index (χ2n) is 5.71. The zero-order valence-corrected chi connectivity index (χ0v) is 13.8. The largest absolute Gasteiger partial charge is 0.339 e. The summed E-state index contributed by atoms with van der Waals surface area (Å²) in [5, 5.41) is 0.469. The molecule has 1 aromatic carbocycles. The normalized spacial score (nSPS) is 15.3. The molecule has 5 nitrogen and oxygen atoms in total. The van der Waals surface area contributed by atoms with Crippen molar-refractivity contribution in [3.05, 3.63) is 34.9 Å². The zero-order valence-electron chi connectivity index (χ0n) is 13.1. The van der Waals surface area contributed by atoms with Crippen molar-refractivity contribution < 1.29 is 9.59 Å². The molecule has 22 heavy (non-hydrogen) atoms. The first-order valence-corrected chi connectivity index (χ1v) is 7.83. The molecule has 0 atom stereocenters. The fourth-order valence-electron chi connectivity index (χ4n) is 2.44. The molecule has 0 aromatic heterocycles. The Balaban J connectivity index is 1.88. The van der Waals surface area contributed by atoms with Crippen molar-refractivity contribution in [3.8, 4) is 0 Å². The minimum atomic E-state index is -0.0639. The second kappa shape index (κ2) is 7.61. The predicted octanol–water partition coefficient (Wildman–Crippen LogP) is 1.58. The van der Waals surface area contributed by atoms with Gasteiger partial charge in [-0.1, -0.05) is 23.7 Å². The van der Waals surface area contributed by atoms with Crippen LogP contribution in [-0.4, -0.2) is 73.3 Å². The number of benzene rings is 1. The summed E-state index contributed by atoms with van der Waals surface area (Å²) in [6.07, 6.45) is 0.519. The molecule has 2 amide bonds. The van der Waals surface area contributed by atoms with Gasteiger partial charge < -0.3 is 14.7 Å². The molecule has 0 aliphatic carbocycles. The van der Waals surface area contributed by atoms with E-state index in [2.05, 4.69) is 0 Å². The molecule has 1 saturated heterocycles. The van der Waals surface area contributed by atoms with Gasteiger partial charge in [-0.05, 0) is 26.2 Å². The van der Waals surface area contributed by atoms with Crippen LogP contribution in [0.25, 0.3) is 0 Å². The minimum Gasteiger partial charge on any atom is -0.339 e. The summed E-state index contributed by atoms with van der Waals surface area (Å²) in [6, 6.07) is 7.07. The van der Waals surface area contributed by atoms with Crippen LogP contribution in [0.1, 0.15) is 16.8 Å². The van der Waals surface area contributed by atoms with Gasteiger partial charge in [-0.25, -0.2) is 0 Å². The smallest absolute Gasteiger partial charge is 0.255 e. The Labute approximate surface area is 136 Å². The van der Waals surface area contributed by atoms with Crippen molar-refractivity contribution in [2.45, 2.75) is 6.42 Å². The number of amides is 2. The van der Waals surface area contributed by atoms with Crippen LogP contribution in [0.3, 0.4) is 0 Å². The van der Waals surface area contributed by atoms with Crippen molar-refractivity contribution >= 4 is 23.4 Å². The van der Waals surface area contributed by atoms with E-state index in [1.54, 1.807) is 29.2 Å². The van der Waals surface area contributed by atoms with Crippen LogP contribution in [0.5, 0.6) is 0 Å². The van der Waals surface area contributed by atoms with Gasteiger partial charge in [-0.2, -0.15) is 0 Å². The van der Waals surface area contributed by atoms with Crippen molar-refractivity contribution in [2.75, 3.05) is 46.8 Å². The van der Waals surface area contributed by atoms with Crippen molar-refractivity contribution in [2.24, 2.45) is 0 Å². The van der Waals surface area contributed by atoms with Gasteiger partial charge in [0, 0.05) is 39.1 Å². The maximum Gasteiger partial charge on any atom is 0.255 e. The molecule has 1 aromatic rings. The number of hydrogen-bond acceptors (Lipinski definition) is 3. The second-order valence-corrected chi connectivity index (χ2v) is 6.11. The fraction of sp³-hybridized carbons (Fsp3) is 0.500. The van der Waals surface area contributed by atoms with E-state index >= 15 is 0 Å². The molecule has 2 rings (SSSR count). The molecule has 0 N–H and O–H groups in total. The van der Waals surface area contributed by atoms with E-state index in [0.717, 1.165) is 6.54 Å². The van der Waals surface area contributed by atoms with Gasteiger partial charge in [0.1, 0.15) is 0 Å². The molecule has 0 bridgehead atoms. The third-order valence-corrected chi connectivity index (χ3v) is 4.13. The lowest BCUT2D eigenvalue weighted by molar-refractivity contribution is -0.132. The number of nitrogens with zero attached hydrogens (tertiary/aromatic N) is 3. The first-order valence-electron chi connectivity index (χ1n) is 7.45. The Hall–Kier alpha value is -1.59. The Bertz CT molecular complexity index is 540. The summed E-state index contributed by atoms with van der Waals surface area (Å²) in [6.45, 7) is 3.03. The highest BCUT2D eigenvalue weighted by molar-refractivity contribution is 6.33. The summed E-state index contributed by atoms with van der Waals surface area (Å²) >= 11 is 6.07. The molecule has 1 fully saturated rings. The lowest BCUT2D eigenvalue weighted by Crippen LogP contribution is -2.51. The van der Waals surface area contributed by atoms with E-state index in [4.69, 9.17) is 11.6 Å². The molecule has 0 radical (unpaired) electrons. The molecule has 120 valence electrons. The van der Waals surface area contributed by atoms with Crippen molar-refractivity contribution in [1.82, 2.24) is 14.7 Å². The van der Waals surface area contributed by atoms with Crippen LogP contribution in [0.15, 0.2) is 24.3 Å². The molecular formula is C16H22ClN3O2. The Morgan fingerprint density at radius 3 is 2.27 bits per heavy atom. The van der Waals surface area contributed by atoms with Crippen LogP contribution >= 0.6 is 11.6 Å². The van der Waals surface area contributed by atoms with Gasteiger partial charge in [0.05, 0.1) is 10.6 Å². The van der Waals surface area contributed by atoms with Crippen LogP contribution < -0.4 is 0 Å². The summed E-state index contributed by atoms with van der Waals surface area (Å²) in [4.78, 5) is 30.1.